The predicted octanol–water partition coefficient (Wildman–Crippen LogP) is 1.40. The molecule has 14 heavy (non-hydrogen) atoms. The second-order valence-electron chi connectivity index (χ2n) is 3.42. The summed E-state index contributed by atoms with van der Waals surface area (Å²) in [5.74, 6) is 0. The fraction of sp³-hybridized carbons (Fsp3) is 0.400. The van der Waals surface area contributed by atoms with Gasteiger partial charge in [0.1, 0.15) is 0 Å². The second-order valence-corrected chi connectivity index (χ2v) is 3.42. The van der Waals surface area contributed by atoms with Crippen molar-refractivity contribution in [2.24, 2.45) is 0 Å². The first kappa shape index (κ1) is 8.99. The van der Waals surface area contributed by atoms with E-state index in [9.17, 15) is 0 Å². The molecular weight excluding hydrogens is 176 g/mol. The molecule has 2 rings (SSSR count). The van der Waals surface area contributed by atoms with Gasteiger partial charge in [-0.2, -0.15) is 10.2 Å². The second kappa shape index (κ2) is 3.65. The van der Waals surface area contributed by atoms with Gasteiger partial charge in [0.2, 0.25) is 0 Å². The van der Waals surface area contributed by atoms with Crippen LogP contribution in [0.1, 0.15) is 11.4 Å². The molecule has 0 aliphatic heterocycles. The number of rotatable bonds is 3. The van der Waals surface area contributed by atoms with Crippen molar-refractivity contribution in [2.75, 3.05) is 0 Å². The first-order valence-corrected chi connectivity index (χ1v) is 4.74. The molecule has 0 saturated carbocycles. The lowest BCUT2D eigenvalue weighted by molar-refractivity contribution is 0.491. The van der Waals surface area contributed by atoms with Gasteiger partial charge < -0.3 is 0 Å². The van der Waals surface area contributed by atoms with Crippen molar-refractivity contribution in [1.29, 1.82) is 0 Å². The first-order valence-electron chi connectivity index (χ1n) is 4.74. The fourth-order valence-electron chi connectivity index (χ4n) is 1.53. The van der Waals surface area contributed by atoms with E-state index in [0.717, 1.165) is 18.8 Å². The maximum absolute atomic E-state index is 4.39. The summed E-state index contributed by atoms with van der Waals surface area (Å²) < 4.78 is 3.92. The van der Waals surface area contributed by atoms with Gasteiger partial charge in [-0.1, -0.05) is 0 Å². The van der Waals surface area contributed by atoms with E-state index in [1.807, 2.05) is 28.6 Å². The Hall–Kier alpha value is -1.58. The van der Waals surface area contributed by atoms with E-state index >= 15 is 0 Å². The Morgan fingerprint density at radius 1 is 1.29 bits per heavy atom. The van der Waals surface area contributed by atoms with Gasteiger partial charge in [-0.3, -0.25) is 9.36 Å². The van der Waals surface area contributed by atoms with Crippen LogP contribution in [-0.2, 0) is 13.1 Å². The number of aromatic nitrogens is 4. The van der Waals surface area contributed by atoms with Crippen molar-refractivity contribution in [3.8, 4) is 0 Å². The molecule has 0 bridgehead atoms. The number of hydrogen-bond acceptors (Lipinski definition) is 2. The zero-order valence-corrected chi connectivity index (χ0v) is 8.51. The summed E-state index contributed by atoms with van der Waals surface area (Å²) in [6.07, 6.45) is 3.76. The molecule has 0 N–H and O–H groups in total. The average Bonchev–Trinajstić information content (AvgIpc) is 2.72. The van der Waals surface area contributed by atoms with Crippen molar-refractivity contribution in [3.63, 3.8) is 0 Å². The van der Waals surface area contributed by atoms with Gasteiger partial charge in [-0.25, -0.2) is 0 Å². The summed E-state index contributed by atoms with van der Waals surface area (Å²) in [6.45, 7) is 5.83. The average molecular weight is 190 g/mol. The highest BCUT2D eigenvalue weighted by molar-refractivity contribution is 5.06. The minimum atomic E-state index is 0.870. The van der Waals surface area contributed by atoms with E-state index in [-0.39, 0.29) is 0 Å². The molecule has 0 aromatic carbocycles. The number of nitrogens with zero attached hydrogens (tertiary/aromatic N) is 4. The summed E-state index contributed by atoms with van der Waals surface area (Å²) >= 11 is 0. The molecule has 4 nitrogen and oxygen atoms in total. The van der Waals surface area contributed by atoms with Crippen molar-refractivity contribution >= 4 is 0 Å². The van der Waals surface area contributed by atoms with Gasteiger partial charge in [0.05, 0.1) is 18.8 Å². The summed E-state index contributed by atoms with van der Waals surface area (Å²) in [6, 6.07) is 4.02. The molecule has 4 heteroatoms. The van der Waals surface area contributed by atoms with E-state index in [1.54, 1.807) is 6.20 Å². The Kier molecular flexibility index (Phi) is 2.35. The Morgan fingerprint density at radius 2 is 2.14 bits per heavy atom. The highest BCUT2D eigenvalue weighted by atomic mass is 15.3. The molecule has 0 spiro atoms. The van der Waals surface area contributed by atoms with Crippen molar-refractivity contribution in [1.82, 2.24) is 19.6 Å². The standard InChI is InChI=1S/C10H14N4/c1-9-8-10(2)14(12-9)7-6-13-5-3-4-11-13/h3-5,8H,6-7H2,1-2H3. The van der Waals surface area contributed by atoms with Gasteiger partial charge in [0.25, 0.3) is 0 Å². The lowest BCUT2D eigenvalue weighted by Crippen LogP contribution is -2.10. The van der Waals surface area contributed by atoms with Gasteiger partial charge in [0, 0.05) is 18.1 Å². The third-order valence-electron chi connectivity index (χ3n) is 2.20. The summed E-state index contributed by atoms with van der Waals surface area (Å²) in [7, 11) is 0. The van der Waals surface area contributed by atoms with Crippen LogP contribution in [-0.4, -0.2) is 19.6 Å². The maximum atomic E-state index is 4.39. The van der Waals surface area contributed by atoms with Gasteiger partial charge in [-0.15, -0.1) is 0 Å². The van der Waals surface area contributed by atoms with Crippen LogP contribution < -0.4 is 0 Å². The van der Waals surface area contributed by atoms with Gasteiger partial charge in [0.15, 0.2) is 0 Å². The minimum Gasteiger partial charge on any atom is -0.271 e. The molecule has 0 atom stereocenters. The Bertz CT molecular complexity index is 400. The van der Waals surface area contributed by atoms with Crippen LogP contribution in [0.5, 0.6) is 0 Å². The molecule has 0 unspecified atom stereocenters. The van der Waals surface area contributed by atoms with Crippen molar-refractivity contribution in [2.45, 2.75) is 26.9 Å². The molecule has 2 aromatic heterocycles. The highest BCUT2D eigenvalue weighted by Crippen LogP contribution is 2.01. The SMILES string of the molecule is Cc1cc(C)n(CCn2cccn2)n1. The van der Waals surface area contributed by atoms with E-state index in [0.29, 0.717) is 0 Å². The highest BCUT2D eigenvalue weighted by Gasteiger charge is 2.00. The largest absolute Gasteiger partial charge is 0.271 e. The Morgan fingerprint density at radius 3 is 2.71 bits per heavy atom. The molecule has 0 saturated heterocycles. The van der Waals surface area contributed by atoms with Crippen LogP contribution in [0.15, 0.2) is 24.5 Å². The third kappa shape index (κ3) is 1.84. The maximum Gasteiger partial charge on any atom is 0.0608 e. The van der Waals surface area contributed by atoms with Crippen LogP contribution in [0.4, 0.5) is 0 Å². The van der Waals surface area contributed by atoms with Crippen LogP contribution in [0.2, 0.25) is 0 Å². The molecular formula is C10H14N4. The molecule has 0 radical (unpaired) electrons. The smallest absolute Gasteiger partial charge is 0.0608 e. The monoisotopic (exact) mass is 190 g/mol. The molecule has 0 fully saturated rings. The normalized spacial score (nSPS) is 10.7. The van der Waals surface area contributed by atoms with E-state index in [2.05, 4.69) is 23.2 Å². The Balaban J connectivity index is 2.01. The molecule has 0 amide bonds. The van der Waals surface area contributed by atoms with E-state index in [1.165, 1.54) is 5.69 Å². The van der Waals surface area contributed by atoms with E-state index in [4.69, 9.17) is 0 Å². The van der Waals surface area contributed by atoms with Crippen molar-refractivity contribution in [3.05, 3.63) is 35.9 Å². The quantitative estimate of drug-likeness (QED) is 0.733. The molecule has 0 aliphatic carbocycles. The molecule has 74 valence electrons. The van der Waals surface area contributed by atoms with Crippen molar-refractivity contribution < 1.29 is 0 Å². The van der Waals surface area contributed by atoms with Crippen LogP contribution >= 0.6 is 0 Å². The minimum absolute atomic E-state index is 0.870. The van der Waals surface area contributed by atoms with E-state index < -0.39 is 0 Å². The van der Waals surface area contributed by atoms with Gasteiger partial charge >= 0.3 is 0 Å². The number of hydrogen-bond donors (Lipinski definition) is 0. The molecule has 0 aliphatic rings. The van der Waals surface area contributed by atoms with Crippen LogP contribution in [0, 0.1) is 13.8 Å². The topological polar surface area (TPSA) is 35.6 Å². The summed E-state index contributed by atoms with van der Waals surface area (Å²) in [4.78, 5) is 0. The van der Waals surface area contributed by atoms with Crippen LogP contribution in [0.3, 0.4) is 0 Å². The third-order valence-corrected chi connectivity index (χ3v) is 2.20. The zero-order chi connectivity index (χ0) is 9.97. The molecule has 2 aromatic rings. The van der Waals surface area contributed by atoms with Crippen LogP contribution in [0.25, 0.3) is 0 Å². The lowest BCUT2D eigenvalue weighted by atomic mass is 10.4. The summed E-state index contributed by atoms with van der Waals surface area (Å²) in [5, 5.41) is 8.53. The molecule has 2 heterocycles. The number of aryl methyl sites for hydroxylation is 4. The first-order chi connectivity index (χ1) is 6.75. The van der Waals surface area contributed by atoms with Gasteiger partial charge in [-0.05, 0) is 26.0 Å². The fourth-order valence-corrected chi connectivity index (χ4v) is 1.53. The summed E-state index contributed by atoms with van der Waals surface area (Å²) in [5.41, 5.74) is 2.28. The predicted molar refractivity (Wildman–Crippen MR) is 53.9 cm³/mol. The Labute approximate surface area is 83.2 Å². The zero-order valence-electron chi connectivity index (χ0n) is 8.51. The lowest BCUT2D eigenvalue weighted by Gasteiger charge is -2.04.